The summed E-state index contributed by atoms with van der Waals surface area (Å²) in [6, 6.07) is 14.2. The maximum atomic E-state index is 13.9. The Bertz CT molecular complexity index is 1400. The Balaban J connectivity index is 1.32. The van der Waals surface area contributed by atoms with Crippen molar-refractivity contribution in [3.05, 3.63) is 73.2 Å². The Morgan fingerprint density at radius 3 is 2.64 bits per heavy atom. The molecule has 0 fully saturated rings. The summed E-state index contributed by atoms with van der Waals surface area (Å²) in [7, 11) is 0. The van der Waals surface area contributed by atoms with E-state index in [1.807, 2.05) is 28.8 Å². The van der Waals surface area contributed by atoms with Crippen LogP contribution in [0.4, 0.5) is 15.2 Å². The van der Waals surface area contributed by atoms with Gasteiger partial charge in [-0.1, -0.05) is 37.3 Å². The van der Waals surface area contributed by atoms with E-state index in [1.54, 1.807) is 30.7 Å². The maximum Gasteiger partial charge on any atom is 0.250 e. The summed E-state index contributed by atoms with van der Waals surface area (Å²) in [5.74, 6) is 1.22. The highest BCUT2D eigenvalue weighted by molar-refractivity contribution is 7.18. The quantitative estimate of drug-likeness (QED) is 0.308. The van der Waals surface area contributed by atoms with Crippen LogP contribution in [0.3, 0.4) is 0 Å². The van der Waals surface area contributed by atoms with Crippen LogP contribution in [0.15, 0.2) is 67.4 Å². The summed E-state index contributed by atoms with van der Waals surface area (Å²) >= 11 is 1.45. The number of aromatic nitrogens is 5. The van der Waals surface area contributed by atoms with E-state index in [0.717, 1.165) is 22.6 Å². The number of anilines is 2. The number of rotatable bonds is 7. The molecular formula is C24H21FN6OS. The predicted octanol–water partition coefficient (Wildman–Crippen LogP) is 6.28. The van der Waals surface area contributed by atoms with Gasteiger partial charge in [-0.15, -0.1) is 0 Å². The largest absolute Gasteiger partial charge is 0.437 e. The van der Waals surface area contributed by atoms with Gasteiger partial charge in [0.15, 0.2) is 16.3 Å². The van der Waals surface area contributed by atoms with Crippen molar-refractivity contribution < 1.29 is 9.13 Å². The summed E-state index contributed by atoms with van der Waals surface area (Å²) in [4.78, 5) is 18.4. The van der Waals surface area contributed by atoms with E-state index >= 15 is 0 Å². The number of ether oxygens (including phenoxy) is 1. The van der Waals surface area contributed by atoms with Crippen LogP contribution in [-0.4, -0.2) is 24.5 Å². The molecule has 0 spiro atoms. The molecule has 3 heterocycles. The molecule has 0 aliphatic rings. The highest BCUT2D eigenvalue weighted by Gasteiger charge is 2.13. The molecule has 0 bridgehead atoms. The van der Waals surface area contributed by atoms with Gasteiger partial charge < -0.3 is 14.6 Å². The number of hydrogen-bond acceptors (Lipinski definition) is 7. The zero-order valence-electron chi connectivity index (χ0n) is 18.1. The molecule has 33 heavy (non-hydrogen) atoms. The fourth-order valence-corrected chi connectivity index (χ4v) is 4.24. The molecule has 0 amide bonds. The molecule has 0 saturated carbocycles. The van der Waals surface area contributed by atoms with Crippen molar-refractivity contribution >= 4 is 33.3 Å². The number of benzene rings is 2. The van der Waals surface area contributed by atoms with E-state index in [1.165, 1.54) is 23.7 Å². The second-order valence-corrected chi connectivity index (χ2v) is 8.93. The number of nitrogens with one attached hydrogen (secondary N) is 1. The summed E-state index contributed by atoms with van der Waals surface area (Å²) in [6.45, 7) is 5.12. The SMILES string of the molecule is CC(C)Cn1cnc2c(Oc3ccc(-c4cnc(Nc5ccccc5F)s4)cc3)ncnc21. The summed E-state index contributed by atoms with van der Waals surface area (Å²) in [6.07, 6.45) is 5.02. The second kappa shape index (κ2) is 8.95. The van der Waals surface area contributed by atoms with Gasteiger partial charge in [0.05, 0.1) is 16.9 Å². The van der Waals surface area contributed by atoms with Crippen LogP contribution >= 0.6 is 11.3 Å². The van der Waals surface area contributed by atoms with Gasteiger partial charge in [0.1, 0.15) is 17.9 Å². The molecule has 0 atom stereocenters. The van der Waals surface area contributed by atoms with Crippen molar-refractivity contribution in [2.75, 3.05) is 5.32 Å². The zero-order valence-corrected chi connectivity index (χ0v) is 18.9. The molecule has 9 heteroatoms. The summed E-state index contributed by atoms with van der Waals surface area (Å²) in [5.41, 5.74) is 2.77. The number of imidazole rings is 1. The lowest BCUT2D eigenvalue weighted by molar-refractivity contribution is 0.467. The minimum absolute atomic E-state index is 0.316. The van der Waals surface area contributed by atoms with E-state index in [2.05, 4.69) is 39.1 Å². The molecule has 0 unspecified atom stereocenters. The van der Waals surface area contributed by atoms with E-state index in [0.29, 0.717) is 33.9 Å². The topological polar surface area (TPSA) is 77.8 Å². The molecule has 5 rings (SSSR count). The number of nitrogens with zero attached hydrogens (tertiary/aromatic N) is 5. The van der Waals surface area contributed by atoms with E-state index in [9.17, 15) is 4.39 Å². The molecule has 0 aliphatic heterocycles. The fraction of sp³-hybridized carbons (Fsp3) is 0.167. The first-order valence-corrected chi connectivity index (χ1v) is 11.3. The van der Waals surface area contributed by atoms with Gasteiger partial charge in [0, 0.05) is 12.7 Å². The molecule has 0 radical (unpaired) electrons. The van der Waals surface area contributed by atoms with Crippen LogP contribution in [0.25, 0.3) is 21.6 Å². The second-order valence-electron chi connectivity index (χ2n) is 7.90. The number of thiazole rings is 1. The number of para-hydroxylation sites is 1. The summed E-state index contributed by atoms with van der Waals surface area (Å²) in [5, 5.41) is 3.64. The van der Waals surface area contributed by atoms with Gasteiger partial charge in [-0.25, -0.2) is 19.3 Å². The smallest absolute Gasteiger partial charge is 0.250 e. The van der Waals surface area contributed by atoms with Crippen LogP contribution in [-0.2, 0) is 6.54 Å². The first-order chi connectivity index (χ1) is 16.1. The number of halogens is 1. The van der Waals surface area contributed by atoms with Crippen LogP contribution in [0, 0.1) is 11.7 Å². The molecule has 2 aromatic carbocycles. The number of fused-ring (bicyclic) bond motifs is 1. The molecular weight excluding hydrogens is 439 g/mol. The molecule has 166 valence electrons. The van der Waals surface area contributed by atoms with E-state index in [4.69, 9.17) is 4.74 Å². The Morgan fingerprint density at radius 2 is 1.85 bits per heavy atom. The molecule has 0 aliphatic carbocycles. The Labute approximate surface area is 194 Å². The molecule has 0 saturated heterocycles. The van der Waals surface area contributed by atoms with Gasteiger partial charge in [0.25, 0.3) is 5.88 Å². The van der Waals surface area contributed by atoms with Gasteiger partial charge in [-0.05, 0) is 47.9 Å². The van der Waals surface area contributed by atoms with Crippen LogP contribution in [0.2, 0.25) is 0 Å². The average molecular weight is 461 g/mol. The van der Waals surface area contributed by atoms with Crippen LogP contribution < -0.4 is 10.1 Å². The molecule has 3 aromatic heterocycles. The fourth-order valence-electron chi connectivity index (χ4n) is 3.40. The van der Waals surface area contributed by atoms with E-state index < -0.39 is 0 Å². The van der Waals surface area contributed by atoms with Crippen molar-refractivity contribution in [3.8, 4) is 22.1 Å². The Hall–Kier alpha value is -3.85. The van der Waals surface area contributed by atoms with Gasteiger partial charge in [-0.2, -0.15) is 4.98 Å². The van der Waals surface area contributed by atoms with Crippen molar-refractivity contribution in [2.45, 2.75) is 20.4 Å². The minimum atomic E-state index is -0.316. The number of hydrogen-bond donors (Lipinski definition) is 1. The first-order valence-electron chi connectivity index (χ1n) is 10.5. The highest BCUT2D eigenvalue weighted by atomic mass is 32.1. The Kier molecular flexibility index (Phi) is 5.70. The standard InChI is InChI=1S/C24H21FN6OS/c1-15(2)12-31-14-29-21-22(31)27-13-28-23(21)32-17-9-7-16(8-10-17)20-11-26-24(33-20)30-19-6-4-3-5-18(19)25/h3-11,13-15H,12H2,1-2H3,(H,26,30). The van der Waals surface area contributed by atoms with Gasteiger partial charge in [0.2, 0.25) is 0 Å². The normalized spacial score (nSPS) is 11.3. The van der Waals surface area contributed by atoms with Crippen LogP contribution in [0.5, 0.6) is 11.6 Å². The third-order valence-electron chi connectivity index (χ3n) is 4.90. The molecule has 1 N–H and O–H groups in total. The van der Waals surface area contributed by atoms with Gasteiger partial charge in [-0.3, -0.25) is 0 Å². The third kappa shape index (κ3) is 4.54. The lowest BCUT2D eigenvalue weighted by Gasteiger charge is -2.08. The maximum absolute atomic E-state index is 13.9. The van der Waals surface area contributed by atoms with E-state index in [-0.39, 0.29) is 5.82 Å². The Morgan fingerprint density at radius 1 is 1.03 bits per heavy atom. The van der Waals surface area contributed by atoms with Crippen molar-refractivity contribution in [1.82, 2.24) is 24.5 Å². The van der Waals surface area contributed by atoms with Crippen LogP contribution in [0.1, 0.15) is 13.8 Å². The lowest BCUT2D eigenvalue weighted by atomic mass is 10.2. The lowest BCUT2D eigenvalue weighted by Crippen LogP contribution is -2.03. The van der Waals surface area contributed by atoms with Crippen molar-refractivity contribution in [2.24, 2.45) is 5.92 Å². The van der Waals surface area contributed by atoms with Crippen molar-refractivity contribution in [3.63, 3.8) is 0 Å². The summed E-state index contributed by atoms with van der Waals surface area (Å²) < 4.78 is 21.9. The minimum Gasteiger partial charge on any atom is -0.437 e. The molecule has 5 aromatic rings. The monoisotopic (exact) mass is 460 g/mol. The highest BCUT2D eigenvalue weighted by Crippen LogP contribution is 2.33. The first kappa shape index (κ1) is 21.0. The zero-order chi connectivity index (χ0) is 22.8. The average Bonchev–Trinajstić information content (AvgIpc) is 3.44. The third-order valence-corrected chi connectivity index (χ3v) is 5.87. The van der Waals surface area contributed by atoms with Crippen molar-refractivity contribution in [1.29, 1.82) is 0 Å². The molecule has 7 nitrogen and oxygen atoms in total. The van der Waals surface area contributed by atoms with Gasteiger partial charge >= 0.3 is 0 Å². The predicted molar refractivity (Wildman–Crippen MR) is 127 cm³/mol.